The maximum Gasteiger partial charge on any atom is 0.435 e. The number of rotatable bonds is 6. The fourth-order valence-electron chi connectivity index (χ4n) is 4.55. The second-order valence-corrected chi connectivity index (χ2v) is 9.72. The van der Waals surface area contributed by atoms with E-state index in [1.165, 1.54) is 0 Å². The van der Waals surface area contributed by atoms with E-state index in [4.69, 9.17) is 16.3 Å². The first-order chi connectivity index (χ1) is 17.1. The van der Waals surface area contributed by atoms with Crippen LogP contribution in [0.1, 0.15) is 18.5 Å². The molecule has 0 aliphatic carbocycles. The van der Waals surface area contributed by atoms with Crippen LogP contribution in [0.3, 0.4) is 0 Å². The van der Waals surface area contributed by atoms with Gasteiger partial charge in [-0.3, -0.25) is 14.3 Å². The molecular formula is C24H29ClF3N5O3. The molecule has 196 valence electrons. The summed E-state index contributed by atoms with van der Waals surface area (Å²) in [7, 11) is 2.01. The third-order valence-electron chi connectivity index (χ3n) is 6.62. The van der Waals surface area contributed by atoms with Gasteiger partial charge in [0.15, 0.2) is 5.69 Å². The van der Waals surface area contributed by atoms with E-state index in [2.05, 4.69) is 10.00 Å². The molecule has 2 atom stereocenters. The van der Waals surface area contributed by atoms with Crippen molar-refractivity contribution in [3.8, 4) is 5.75 Å². The third kappa shape index (κ3) is 6.70. The standard InChI is InChI=1S/C24H29ClF3N5O3/c1-30-9-11-31(12-10-30)22(34)13-17-15-32(7-5-20(17)36-19-4-2-3-18(25)14-19)23(35)16-33-8-6-21(29-33)24(26,27)28/h2-4,6,8,14,17,20H,5,7,9-13,15-16H2,1H3/t17-,20-/m0/s1. The lowest BCUT2D eigenvalue weighted by molar-refractivity contribution is -0.142. The van der Waals surface area contributed by atoms with E-state index in [9.17, 15) is 22.8 Å². The summed E-state index contributed by atoms with van der Waals surface area (Å²) in [6.07, 6.45) is -3.06. The quantitative estimate of drug-likeness (QED) is 0.577. The fraction of sp³-hybridized carbons (Fsp3) is 0.542. The van der Waals surface area contributed by atoms with Gasteiger partial charge in [-0.05, 0) is 31.3 Å². The normalized spacial score (nSPS) is 21.5. The van der Waals surface area contributed by atoms with Crippen LogP contribution >= 0.6 is 11.6 Å². The third-order valence-corrected chi connectivity index (χ3v) is 6.86. The first kappa shape index (κ1) is 26.3. The number of piperidine rings is 1. The molecule has 1 aromatic carbocycles. The molecule has 0 bridgehead atoms. The zero-order valence-corrected chi connectivity index (χ0v) is 20.7. The lowest BCUT2D eigenvalue weighted by Crippen LogP contribution is -2.52. The van der Waals surface area contributed by atoms with Crippen LogP contribution in [-0.2, 0) is 22.3 Å². The predicted molar refractivity (Wildman–Crippen MR) is 126 cm³/mol. The fourth-order valence-corrected chi connectivity index (χ4v) is 4.73. The Hall–Kier alpha value is -2.79. The minimum atomic E-state index is -4.57. The Kier molecular flexibility index (Phi) is 8.09. The second kappa shape index (κ2) is 11.1. The summed E-state index contributed by atoms with van der Waals surface area (Å²) in [6, 6.07) is 7.85. The molecule has 1 aromatic heterocycles. The summed E-state index contributed by atoms with van der Waals surface area (Å²) < 4.78 is 45.8. The summed E-state index contributed by atoms with van der Waals surface area (Å²) in [6.45, 7) is 3.19. The smallest absolute Gasteiger partial charge is 0.435 e. The lowest BCUT2D eigenvalue weighted by atomic mass is 9.90. The molecule has 2 saturated heterocycles. The molecule has 12 heteroatoms. The molecule has 0 saturated carbocycles. The molecule has 36 heavy (non-hydrogen) atoms. The number of halogens is 4. The highest BCUT2D eigenvalue weighted by Gasteiger charge is 2.37. The largest absolute Gasteiger partial charge is 0.490 e. The Morgan fingerprint density at radius 2 is 1.83 bits per heavy atom. The van der Waals surface area contributed by atoms with Gasteiger partial charge in [0.25, 0.3) is 0 Å². The Morgan fingerprint density at radius 3 is 2.50 bits per heavy atom. The van der Waals surface area contributed by atoms with Gasteiger partial charge >= 0.3 is 6.18 Å². The number of nitrogens with zero attached hydrogens (tertiary/aromatic N) is 5. The predicted octanol–water partition coefficient (Wildman–Crippen LogP) is 3.02. The average Bonchev–Trinajstić information content (AvgIpc) is 3.30. The molecule has 0 spiro atoms. The van der Waals surface area contributed by atoms with Gasteiger partial charge in [0, 0.05) is 69.2 Å². The number of likely N-dealkylation sites (N-methyl/N-ethyl adjacent to an activating group) is 1. The van der Waals surface area contributed by atoms with Gasteiger partial charge in [-0.25, -0.2) is 0 Å². The van der Waals surface area contributed by atoms with E-state index >= 15 is 0 Å². The summed E-state index contributed by atoms with van der Waals surface area (Å²) in [4.78, 5) is 31.6. The zero-order chi connectivity index (χ0) is 25.9. The highest BCUT2D eigenvalue weighted by atomic mass is 35.5. The van der Waals surface area contributed by atoms with Crippen molar-refractivity contribution < 1.29 is 27.5 Å². The number of piperazine rings is 1. The van der Waals surface area contributed by atoms with Crippen LogP contribution in [0.5, 0.6) is 5.75 Å². The van der Waals surface area contributed by atoms with E-state index in [0.717, 1.165) is 30.0 Å². The van der Waals surface area contributed by atoms with Crippen molar-refractivity contribution in [2.75, 3.05) is 46.3 Å². The second-order valence-electron chi connectivity index (χ2n) is 9.29. The van der Waals surface area contributed by atoms with Crippen LogP contribution in [0, 0.1) is 5.92 Å². The van der Waals surface area contributed by atoms with Crippen LogP contribution in [0.4, 0.5) is 13.2 Å². The SMILES string of the molecule is CN1CCN(C(=O)C[C@H]2CN(C(=O)Cn3ccc(C(F)(F)F)n3)CC[C@@H]2Oc2cccc(Cl)c2)CC1. The minimum absolute atomic E-state index is 0.00369. The van der Waals surface area contributed by atoms with Gasteiger partial charge in [-0.15, -0.1) is 0 Å². The van der Waals surface area contributed by atoms with E-state index in [1.807, 2.05) is 11.9 Å². The highest BCUT2D eigenvalue weighted by Crippen LogP contribution is 2.29. The zero-order valence-electron chi connectivity index (χ0n) is 20.0. The van der Waals surface area contributed by atoms with E-state index in [-0.39, 0.29) is 43.3 Å². The van der Waals surface area contributed by atoms with E-state index in [0.29, 0.717) is 36.8 Å². The van der Waals surface area contributed by atoms with E-state index < -0.39 is 11.9 Å². The number of carbonyl (C=O) groups excluding carboxylic acids is 2. The number of alkyl halides is 3. The Morgan fingerprint density at radius 1 is 1.08 bits per heavy atom. The Balaban J connectivity index is 1.44. The van der Waals surface area contributed by atoms with Crippen molar-refractivity contribution in [1.82, 2.24) is 24.5 Å². The molecule has 4 rings (SSSR count). The van der Waals surface area contributed by atoms with Gasteiger partial charge in [-0.2, -0.15) is 18.3 Å². The van der Waals surface area contributed by atoms with Crippen LogP contribution < -0.4 is 4.74 Å². The molecule has 2 aliphatic rings. The van der Waals surface area contributed by atoms with Gasteiger partial charge in [-0.1, -0.05) is 17.7 Å². The monoisotopic (exact) mass is 527 g/mol. The number of ether oxygens (including phenoxy) is 1. The number of likely N-dealkylation sites (tertiary alicyclic amines) is 1. The number of amides is 2. The average molecular weight is 528 g/mol. The Labute approximate surface area is 212 Å². The van der Waals surface area contributed by atoms with Crippen molar-refractivity contribution >= 4 is 23.4 Å². The maximum atomic E-state index is 13.1. The highest BCUT2D eigenvalue weighted by molar-refractivity contribution is 6.30. The molecule has 2 aromatic rings. The minimum Gasteiger partial charge on any atom is -0.490 e. The number of benzene rings is 1. The Bertz CT molecular complexity index is 1070. The number of hydrogen-bond donors (Lipinski definition) is 0. The molecule has 8 nitrogen and oxygen atoms in total. The van der Waals surface area contributed by atoms with Crippen LogP contribution in [0.15, 0.2) is 36.5 Å². The van der Waals surface area contributed by atoms with Gasteiger partial charge in [0.2, 0.25) is 11.8 Å². The van der Waals surface area contributed by atoms with Crippen molar-refractivity contribution in [2.24, 2.45) is 5.92 Å². The van der Waals surface area contributed by atoms with Crippen molar-refractivity contribution in [1.29, 1.82) is 0 Å². The molecule has 0 N–H and O–H groups in total. The number of hydrogen-bond acceptors (Lipinski definition) is 5. The van der Waals surface area contributed by atoms with Crippen LogP contribution in [-0.4, -0.2) is 88.7 Å². The molecular weight excluding hydrogens is 499 g/mol. The summed E-state index contributed by atoms with van der Waals surface area (Å²) in [5.74, 6) is -0.0493. The van der Waals surface area contributed by atoms with Crippen LogP contribution in [0.25, 0.3) is 0 Å². The molecule has 3 heterocycles. The molecule has 0 unspecified atom stereocenters. The summed E-state index contributed by atoms with van der Waals surface area (Å²) in [5.41, 5.74) is -1.04. The van der Waals surface area contributed by atoms with Crippen molar-refractivity contribution in [3.63, 3.8) is 0 Å². The molecule has 2 fully saturated rings. The van der Waals surface area contributed by atoms with Crippen molar-refractivity contribution in [3.05, 3.63) is 47.2 Å². The molecule has 0 radical (unpaired) electrons. The van der Waals surface area contributed by atoms with Crippen LogP contribution in [0.2, 0.25) is 5.02 Å². The summed E-state index contributed by atoms with van der Waals surface area (Å²) >= 11 is 6.09. The topological polar surface area (TPSA) is 70.9 Å². The summed E-state index contributed by atoms with van der Waals surface area (Å²) in [5, 5.41) is 4.00. The number of aromatic nitrogens is 2. The van der Waals surface area contributed by atoms with E-state index in [1.54, 1.807) is 29.2 Å². The lowest BCUT2D eigenvalue weighted by Gasteiger charge is -2.40. The van der Waals surface area contributed by atoms with Gasteiger partial charge < -0.3 is 19.4 Å². The molecule has 2 amide bonds. The molecule has 2 aliphatic heterocycles. The van der Waals surface area contributed by atoms with Crippen molar-refractivity contribution in [2.45, 2.75) is 31.7 Å². The first-order valence-corrected chi connectivity index (χ1v) is 12.2. The van der Waals surface area contributed by atoms with Gasteiger partial charge in [0.1, 0.15) is 18.4 Å². The number of carbonyl (C=O) groups is 2. The van der Waals surface area contributed by atoms with Gasteiger partial charge in [0.05, 0.1) is 0 Å². The first-order valence-electron chi connectivity index (χ1n) is 11.9. The maximum absolute atomic E-state index is 13.1.